The van der Waals surface area contributed by atoms with Gasteiger partial charge in [-0.3, -0.25) is 19.2 Å². The molecule has 6 nitrogen and oxygen atoms in total. The van der Waals surface area contributed by atoms with Crippen LogP contribution in [0.3, 0.4) is 0 Å². The van der Waals surface area contributed by atoms with Gasteiger partial charge in [0.05, 0.1) is 11.4 Å². The Balaban J connectivity index is 1.18. The van der Waals surface area contributed by atoms with E-state index in [0.29, 0.717) is 22.1 Å². The number of hydrogen-bond acceptors (Lipinski definition) is 4. The van der Waals surface area contributed by atoms with Crippen molar-refractivity contribution in [1.82, 2.24) is 0 Å². The zero-order valence-corrected chi connectivity index (χ0v) is 22.8. The third kappa shape index (κ3) is 3.66. The summed E-state index contributed by atoms with van der Waals surface area (Å²) in [5.41, 5.74) is 6.10. The van der Waals surface area contributed by atoms with Crippen molar-refractivity contribution >= 4 is 51.3 Å². The lowest BCUT2D eigenvalue weighted by Crippen LogP contribution is -2.43. The largest absolute Gasteiger partial charge is 0.268 e. The second-order valence-electron chi connectivity index (χ2n) is 10.7. The second-order valence-corrected chi connectivity index (χ2v) is 10.7. The van der Waals surface area contributed by atoms with E-state index in [1.807, 2.05) is 60.7 Å². The summed E-state index contributed by atoms with van der Waals surface area (Å²) in [6, 6.07) is 30.7. The predicted octanol–water partition coefficient (Wildman–Crippen LogP) is 7.45. The average molecular weight is 559 g/mol. The topological polar surface area (TPSA) is 74.8 Å². The first-order valence-electron chi connectivity index (χ1n) is 14.0. The summed E-state index contributed by atoms with van der Waals surface area (Å²) < 4.78 is 0. The van der Waals surface area contributed by atoms with Crippen LogP contribution >= 0.6 is 0 Å². The SMILES string of the molecule is O=C1c2ccc3c4c(ccc(c24)C(=O)N1c1ccc(C2=CCC=C2)cc1)C(=O)N(c1ccc(-c2ccccc2)cc1)C3=O. The first-order chi connectivity index (χ1) is 21.0. The Kier molecular flexibility index (Phi) is 5.40. The molecule has 2 aliphatic heterocycles. The predicted molar refractivity (Wildman–Crippen MR) is 166 cm³/mol. The molecule has 8 rings (SSSR count). The second kappa shape index (κ2) is 9.33. The number of nitrogens with zero attached hydrogens (tertiary/aromatic N) is 2. The molecule has 0 spiro atoms. The monoisotopic (exact) mass is 558 g/mol. The van der Waals surface area contributed by atoms with Gasteiger partial charge < -0.3 is 0 Å². The molecule has 5 aromatic rings. The van der Waals surface area contributed by atoms with Crippen LogP contribution in [0.2, 0.25) is 0 Å². The highest BCUT2D eigenvalue weighted by molar-refractivity contribution is 6.42. The van der Waals surface area contributed by atoms with E-state index in [1.54, 1.807) is 48.5 Å². The molecule has 0 radical (unpaired) electrons. The first kappa shape index (κ1) is 24.9. The van der Waals surface area contributed by atoms with Crippen LogP contribution in [0.25, 0.3) is 27.5 Å². The highest BCUT2D eigenvalue weighted by Crippen LogP contribution is 2.40. The van der Waals surface area contributed by atoms with Crippen molar-refractivity contribution < 1.29 is 19.2 Å². The Bertz CT molecular complexity index is 2040. The summed E-state index contributed by atoms with van der Waals surface area (Å²) in [7, 11) is 0. The summed E-state index contributed by atoms with van der Waals surface area (Å²) in [5.74, 6) is -1.98. The van der Waals surface area contributed by atoms with Crippen molar-refractivity contribution in [2.75, 3.05) is 9.80 Å². The lowest BCUT2D eigenvalue weighted by Gasteiger charge is -2.32. The molecule has 0 aromatic heterocycles. The van der Waals surface area contributed by atoms with Crippen molar-refractivity contribution in [1.29, 1.82) is 0 Å². The summed E-state index contributed by atoms with van der Waals surface area (Å²) in [4.78, 5) is 57.5. The van der Waals surface area contributed by atoms with Gasteiger partial charge in [0.25, 0.3) is 23.6 Å². The number of carbonyl (C=O) groups excluding carboxylic acids is 4. The van der Waals surface area contributed by atoms with Crippen molar-refractivity contribution in [3.8, 4) is 11.1 Å². The Labute approximate surface area is 246 Å². The van der Waals surface area contributed by atoms with E-state index < -0.39 is 23.6 Å². The van der Waals surface area contributed by atoms with Crippen molar-refractivity contribution in [3.05, 3.63) is 149 Å². The van der Waals surface area contributed by atoms with Crippen LogP contribution in [0.1, 0.15) is 53.4 Å². The third-order valence-electron chi connectivity index (χ3n) is 8.36. The van der Waals surface area contributed by atoms with E-state index in [9.17, 15) is 19.2 Å². The molecule has 204 valence electrons. The average Bonchev–Trinajstić information content (AvgIpc) is 3.59. The van der Waals surface area contributed by atoms with Crippen LogP contribution in [0, 0.1) is 0 Å². The molecule has 0 N–H and O–H groups in total. The quantitative estimate of drug-likeness (QED) is 0.215. The first-order valence-corrected chi connectivity index (χ1v) is 14.0. The van der Waals surface area contributed by atoms with E-state index in [-0.39, 0.29) is 22.3 Å². The highest BCUT2D eigenvalue weighted by atomic mass is 16.2. The molecule has 3 aliphatic rings. The van der Waals surface area contributed by atoms with Crippen molar-refractivity contribution in [2.24, 2.45) is 0 Å². The Morgan fingerprint density at radius 3 is 1.28 bits per heavy atom. The van der Waals surface area contributed by atoms with Crippen LogP contribution in [-0.2, 0) is 0 Å². The standard InChI is InChI=1S/C37H22N2O4/c40-34-28-18-20-30-33-31(37(43)39(36(30)42)27-16-12-25(13-17-27)23-8-4-5-9-23)21-19-29(32(28)33)35(41)38(34)26-14-10-24(11-15-26)22-6-2-1-3-7-22/h1-4,6-21H,5H2. The lowest BCUT2D eigenvalue weighted by molar-refractivity contribution is 0.0873. The van der Waals surface area contributed by atoms with Crippen LogP contribution in [0.4, 0.5) is 11.4 Å². The molecule has 1 aliphatic carbocycles. The van der Waals surface area contributed by atoms with Gasteiger partial charge in [0, 0.05) is 33.0 Å². The molecule has 0 atom stereocenters. The molecule has 4 amide bonds. The fourth-order valence-corrected chi connectivity index (χ4v) is 6.25. The molecule has 6 heteroatoms. The zero-order chi connectivity index (χ0) is 29.2. The maximum Gasteiger partial charge on any atom is 0.265 e. The molecule has 0 unspecified atom stereocenters. The van der Waals surface area contributed by atoms with E-state index in [4.69, 9.17) is 0 Å². The van der Waals surface area contributed by atoms with Crippen LogP contribution in [-0.4, -0.2) is 23.6 Å². The molecular formula is C37H22N2O4. The number of rotatable bonds is 4. The van der Waals surface area contributed by atoms with Gasteiger partial charge in [0.15, 0.2) is 0 Å². The van der Waals surface area contributed by atoms with Gasteiger partial charge in [-0.2, -0.15) is 0 Å². The number of anilines is 2. The van der Waals surface area contributed by atoms with Gasteiger partial charge in [0.1, 0.15) is 0 Å². The summed E-state index contributed by atoms with van der Waals surface area (Å²) in [6.45, 7) is 0. The number of amides is 4. The number of allylic oxidation sites excluding steroid dienone is 4. The van der Waals surface area contributed by atoms with Gasteiger partial charge >= 0.3 is 0 Å². The number of imide groups is 2. The lowest BCUT2D eigenvalue weighted by atomic mass is 9.85. The summed E-state index contributed by atoms with van der Waals surface area (Å²) in [6.07, 6.45) is 7.12. The fourth-order valence-electron chi connectivity index (χ4n) is 6.25. The summed E-state index contributed by atoms with van der Waals surface area (Å²) >= 11 is 0. The van der Waals surface area contributed by atoms with Gasteiger partial charge in [-0.1, -0.05) is 72.8 Å². The van der Waals surface area contributed by atoms with Gasteiger partial charge in [-0.25, -0.2) is 9.80 Å². The van der Waals surface area contributed by atoms with E-state index in [2.05, 4.69) is 12.2 Å². The molecule has 0 saturated carbocycles. The molecule has 43 heavy (non-hydrogen) atoms. The number of benzene rings is 5. The van der Waals surface area contributed by atoms with E-state index in [0.717, 1.165) is 38.5 Å². The van der Waals surface area contributed by atoms with Crippen LogP contribution < -0.4 is 9.80 Å². The van der Waals surface area contributed by atoms with Crippen LogP contribution in [0.5, 0.6) is 0 Å². The molecule has 0 saturated heterocycles. The van der Waals surface area contributed by atoms with E-state index in [1.165, 1.54) is 0 Å². The minimum absolute atomic E-state index is 0.277. The molecule has 5 aromatic carbocycles. The Morgan fingerprint density at radius 1 is 0.442 bits per heavy atom. The minimum Gasteiger partial charge on any atom is -0.268 e. The van der Waals surface area contributed by atoms with Crippen molar-refractivity contribution in [2.45, 2.75) is 6.42 Å². The highest BCUT2D eigenvalue weighted by Gasteiger charge is 2.40. The van der Waals surface area contributed by atoms with E-state index >= 15 is 0 Å². The smallest absolute Gasteiger partial charge is 0.265 e. The van der Waals surface area contributed by atoms with Gasteiger partial charge in [-0.15, -0.1) is 0 Å². The molecule has 0 fully saturated rings. The van der Waals surface area contributed by atoms with Crippen LogP contribution in [0.15, 0.2) is 121 Å². The van der Waals surface area contributed by atoms with Crippen molar-refractivity contribution in [3.63, 3.8) is 0 Å². The van der Waals surface area contributed by atoms with Gasteiger partial charge in [-0.05, 0) is 77.2 Å². The maximum absolute atomic E-state index is 13.8. The summed E-state index contributed by atoms with van der Waals surface area (Å²) in [5, 5.41) is 0.693. The zero-order valence-electron chi connectivity index (χ0n) is 22.8. The maximum atomic E-state index is 13.8. The Hall–Kier alpha value is -5.88. The molecular weight excluding hydrogens is 536 g/mol. The minimum atomic E-state index is -0.498. The molecule has 0 bridgehead atoms. The number of hydrogen-bond donors (Lipinski definition) is 0. The Morgan fingerprint density at radius 2 is 0.860 bits per heavy atom. The molecule has 2 heterocycles. The fraction of sp³-hybridized carbons (Fsp3) is 0.0270. The normalized spacial score (nSPS) is 15.5. The third-order valence-corrected chi connectivity index (χ3v) is 8.36. The van der Waals surface area contributed by atoms with Gasteiger partial charge in [0.2, 0.25) is 0 Å². The number of carbonyl (C=O) groups is 4.